The highest BCUT2D eigenvalue weighted by molar-refractivity contribution is 7.99. The van der Waals surface area contributed by atoms with Crippen molar-refractivity contribution in [2.24, 2.45) is 0 Å². The fourth-order valence-corrected chi connectivity index (χ4v) is 2.73. The van der Waals surface area contributed by atoms with Crippen molar-refractivity contribution in [3.05, 3.63) is 40.7 Å². The maximum Gasteiger partial charge on any atom is 0.251 e. The third-order valence-electron chi connectivity index (χ3n) is 3.32. The number of amides is 1. The van der Waals surface area contributed by atoms with Gasteiger partial charge in [0.2, 0.25) is 0 Å². The van der Waals surface area contributed by atoms with Crippen molar-refractivity contribution < 1.29 is 4.79 Å². The van der Waals surface area contributed by atoms with Gasteiger partial charge in [-0.15, -0.1) is 0 Å². The molecule has 0 atom stereocenters. The van der Waals surface area contributed by atoms with Crippen LogP contribution in [0.3, 0.4) is 0 Å². The number of aryl methyl sites for hydroxylation is 2. The lowest BCUT2D eigenvalue weighted by molar-refractivity contribution is 0.0963. The van der Waals surface area contributed by atoms with Crippen molar-refractivity contribution in [3.63, 3.8) is 0 Å². The first kappa shape index (κ1) is 15.3. The molecule has 0 bridgehead atoms. The highest BCUT2D eigenvalue weighted by Gasteiger charge is 2.11. The van der Waals surface area contributed by atoms with Crippen LogP contribution in [0.25, 0.3) is 0 Å². The number of hydrogen-bond donors (Lipinski definition) is 2. The molecule has 0 fully saturated rings. The quantitative estimate of drug-likeness (QED) is 0.672. The highest BCUT2D eigenvalue weighted by atomic mass is 32.2. The number of nitrogen functional groups attached to an aromatic ring is 1. The summed E-state index contributed by atoms with van der Waals surface area (Å²) in [5.41, 5.74) is 10.1. The van der Waals surface area contributed by atoms with Gasteiger partial charge in [-0.2, -0.15) is 0 Å². The summed E-state index contributed by atoms with van der Waals surface area (Å²) >= 11 is 1.37. The van der Waals surface area contributed by atoms with Crippen LogP contribution in [0.15, 0.2) is 28.3 Å². The van der Waals surface area contributed by atoms with E-state index in [1.165, 1.54) is 11.8 Å². The van der Waals surface area contributed by atoms with Crippen LogP contribution in [0.5, 0.6) is 0 Å². The minimum Gasteiger partial charge on any atom is -0.398 e. The molecule has 1 heterocycles. The van der Waals surface area contributed by atoms with E-state index in [1.54, 1.807) is 25.2 Å². The molecule has 0 aliphatic carbocycles. The van der Waals surface area contributed by atoms with Crippen LogP contribution in [-0.4, -0.2) is 22.9 Å². The summed E-state index contributed by atoms with van der Waals surface area (Å²) in [6.45, 7) is 5.91. The molecule has 0 unspecified atom stereocenters. The zero-order valence-corrected chi connectivity index (χ0v) is 13.3. The van der Waals surface area contributed by atoms with Crippen molar-refractivity contribution in [1.82, 2.24) is 15.3 Å². The summed E-state index contributed by atoms with van der Waals surface area (Å²) in [5, 5.41) is 3.23. The van der Waals surface area contributed by atoms with E-state index in [0.717, 1.165) is 21.8 Å². The minimum atomic E-state index is -0.144. The lowest BCUT2D eigenvalue weighted by atomic mass is 10.2. The third kappa shape index (κ3) is 3.33. The Balaban J connectivity index is 2.37. The molecule has 6 heteroatoms. The number of nitrogens with two attached hydrogens (primary N) is 1. The second kappa shape index (κ2) is 6.13. The van der Waals surface area contributed by atoms with Crippen molar-refractivity contribution in [2.45, 2.75) is 30.8 Å². The van der Waals surface area contributed by atoms with E-state index >= 15 is 0 Å². The Bertz CT molecular complexity index is 677. The van der Waals surface area contributed by atoms with Gasteiger partial charge in [-0.05, 0) is 56.3 Å². The SMILES string of the molecule is CNC(=O)c1ccc(N)c(Sc2nc(C)c(C)c(C)n2)c1. The highest BCUT2D eigenvalue weighted by Crippen LogP contribution is 2.31. The molecule has 0 saturated carbocycles. The van der Waals surface area contributed by atoms with E-state index in [0.29, 0.717) is 16.4 Å². The second-order valence-corrected chi connectivity index (χ2v) is 5.74. The zero-order valence-electron chi connectivity index (χ0n) is 12.5. The predicted molar refractivity (Wildman–Crippen MR) is 84.6 cm³/mol. The Morgan fingerprint density at radius 1 is 1.19 bits per heavy atom. The van der Waals surface area contributed by atoms with Gasteiger partial charge in [0.1, 0.15) is 0 Å². The molecule has 2 rings (SSSR count). The van der Waals surface area contributed by atoms with Crippen LogP contribution < -0.4 is 11.1 Å². The Morgan fingerprint density at radius 3 is 2.38 bits per heavy atom. The summed E-state index contributed by atoms with van der Waals surface area (Å²) in [4.78, 5) is 21.4. The Labute approximate surface area is 128 Å². The number of anilines is 1. The number of carbonyl (C=O) groups is 1. The first-order valence-corrected chi connectivity index (χ1v) is 7.35. The number of hydrogen-bond acceptors (Lipinski definition) is 5. The predicted octanol–water partition coefficient (Wildman–Crippen LogP) is 2.49. The molecule has 0 spiro atoms. The number of benzene rings is 1. The standard InChI is InChI=1S/C15H18N4OS/c1-8-9(2)18-15(19-10(8)3)21-13-7-11(14(20)17-4)5-6-12(13)16/h5-7H,16H2,1-4H3,(H,17,20). The molecule has 0 saturated heterocycles. The fourth-order valence-electron chi connectivity index (χ4n) is 1.79. The summed E-state index contributed by atoms with van der Waals surface area (Å²) in [6.07, 6.45) is 0. The fraction of sp³-hybridized carbons (Fsp3) is 0.267. The molecule has 1 amide bonds. The number of rotatable bonds is 3. The van der Waals surface area contributed by atoms with Crippen molar-refractivity contribution in [1.29, 1.82) is 0 Å². The van der Waals surface area contributed by atoms with E-state index in [2.05, 4.69) is 15.3 Å². The molecule has 0 aliphatic heterocycles. The van der Waals surface area contributed by atoms with Gasteiger partial charge in [0.25, 0.3) is 5.91 Å². The molecular formula is C15H18N4OS. The van der Waals surface area contributed by atoms with Crippen LogP contribution >= 0.6 is 11.8 Å². The Hall–Kier alpha value is -2.08. The van der Waals surface area contributed by atoms with Gasteiger partial charge >= 0.3 is 0 Å². The first-order chi connectivity index (χ1) is 9.92. The number of nitrogens with zero attached hydrogens (tertiary/aromatic N) is 2. The molecule has 0 radical (unpaired) electrons. The molecule has 5 nitrogen and oxygen atoms in total. The average Bonchev–Trinajstić information content (AvgIpc) is 2.46. The molecule has 110 valence electrons. The average molecular weight is 302 g/mol. The maximum absolute atomic E-state index is 11.7. The molecule has 3 N–H and O–H groups in total. The van der Waals surface area contributed by atoms with Gasteiger partial charge < -0.3 is 11.1 Å². The van der Waals surface area contributed by atoms with Crippen LogP contribution in [0.1, 0.15) is 27.3 Å². The minimum absolute atomic E-state index is 0.144. The van der Waals surface area contributed by atoms with Crippen LogP contribution in [0, 0.1) is 20.8 Å². The molecular weight excluding hydrogens is 284 g/mol. The largest absolute Gasteiger partial charge is 0.398 e. The van der Waals surface area contributed by atoms with Crippen molar-refractivity contribution in [2.75, 3.05) is 12.8 Å². The van der Waals surface area contributed by atoms with Crippen molar-refractivity contribution in [3.8, 4) is 0 Å². The molecule has 1 aromatic carbocycles. The lowest BCUT2D eigenvalue weighted by Gasteiger charge is -2.09. The van der Waals surface area contributed by atoms with Gasteiger partial charge in [0.05, 0.1) is 0 Å². The topological polar surface area (TPSA) is 80.9 Å². The Morgan fingerprint density at radius 2 is 1.81 bits per heavy atom. The number of carbonyl (C=O) groups excluding carboxylic acids is 1. The van der Waals surface area contributed by atoms with Gasteiger partial charge in [0, 0.05) is 34.6 Å². The van der Waals surface area contributed by atoms with Crippen LogP contribution in [-0.2, 0) is 0 Å². The lowest BCUT2D eigenvalue weighted by Crippen LogP contribution is -2.17. The van der Waals surface area contributed by atoms with E-state index in [4.69, 9.17) is 5.73 Å². The molecule has 0 aliphatic rings. The smallest absolute Gasteiger partial charge is 0.251 e. The zero-order chi connectivity index (χ0) is 15.6. The normalized spacial score (nSPS) is 10.5. The van der Waals surface area contributed by atoms with Gasteiger partial charge in [0.15, 0.2) is 5.16 Å². The number of nitrogens with one attached hydrogen (secondary N) is 1. The van der Waals surface area contributed by atoms with E-state index in [1.807, 2.05) is 20.8 Å². The summed E-state index contributed by atoms with van der Waals surface area (Å²) in [6, 6.07) is 5.18. The van der Waals surface area contributed by atoms with Crippen molar-refractivity contribution >= 4 is 23.4 Å². The number of aromatic nitrogens is 2. The van der Waals surface area contributed by atoms with Gasteiger partial charge in [-0.1, -0.05) is 0 Å². The maximum atomic E-state index is 11.7. The first-order valence-electron chi connectivity index (χ1n) is 6.53. The molecule has 21 heavy (non-hydrogen) atoms. The summed E-state index contributed by atoms with van der Waals surface area (Å²) in [7, 11) is 1.60. The van der Waals surface area contributed by atoms with Crippen LogP contribution in [0.2, 0.25) is 0 Å². The van der Waals surface area contributed by atoms with E-state index in [-0.39, 0.29) is 5.91 Å². The van der Waals surface area contributed by atoms with Gasteiger partial charge in [-0.3, -0.25) is 4.79 Å². The second-order valence-electron chi connectivity index (χ2n) is 4.74. The van der Waals surface area contributed by atoms with E-state index in [9.17, 15) is 4.79 Å². The molecule has 1 aromatic heterocycles. The third-order valence-corrected chi connectivity index (χ3v) is 4.25. The van der Waals surface area contributed by atoms with Crippen LogP contribution in [0.4, 0.5) is 5.69 Å². The summed E-state index contributed by atoms with van der Waals surface area (Å²) < 4.78 is 0. The van der Waals surface area contributed by atoms with E-state index < -0.39 is 0 Å². The Kier molecular flexibility index (Phi) is 4.47. The van der Waals surface area contributed by atoms with Gasteiger partial charge in [-0.25, -0.2) is 9.97 Å². The molecule has 2 aromatic rings. The summed E-state index contributed by atoms with van der Waals surface area (Å²) in [5.74, 6) is -0.144. The monoisotopic (exact) mass is 302 g/mol.